The van der Waals surface area contributed by atoms with E-state index >= 15 is 0 Å². The summed E-state index contributed by atoms with van der Waals surface area (Å²) in [5, 5.41) is -0.249. The van der Waals surface area contributed by atoms with Crippen LogP contribution in [0.4, 0.5) is 0 Å². The molecule has 0 radical (unpaired) electrons. The molecular formula is C19H17BrO5. The fraction of sp³-hybridized carbons (Fsp3) is 0.263. The van der Waals surface area contributed by atoms with Gasteiger partial charge in [-0.15, -0.1) is 0 Å². The molecule has 0 aromatic heterocycles. The van der Waals surface area contributed by atoms with Crippen molar-refractivity contribution >= 4 is 27.9 Å². The van der Waals surface area contributed by atoms with Crippen LogP contribution in [0.3, 0.4) is 0 Å². The zero-order chi connectivity index (χ0) is 17.6. The summed E-state index contributed by atoms with van der Waals surface area (Å²) in [7, 11) is 0. The number of esters is 2. The third-order valence-electron chi connectivity index (χ3n) is 3.81. The number of benzene rings is 2. The number of carbonyl (C=O) groups is 2. The van der Waals surface area contributed by atoms with Crippen molar-refractivity contribution in [1.82, 2.24) is 0 Å². The zero-order valence-electron chi connectivity index (χ0n) is 13.3. The summed E-state index contributed by atoms with van der Waals surface area (Å²) in [5.41, 5.74) is 0.939. The second-order valence-corrected chi connectivity index (χ2v) is 6.62. The van der Waals surface area contributed by atoms with E-state index in [0.717, 1.165) is 0 Å². The van der Waals surface area contributed by atoms with Crippen molar-refractivity contribution in [2.75, 3.05) is 6.61 Å². The van der Waals surface area contributed by atoms with Crippen LogP contribution in [-0.2, 0) is 14.2 Å². The largest absolute Gasteiger partial charge is 0.459 e. The highest BCUT2D eigenvalue weighted by Crippen LogP contribution is 2.28. The van der Waals surface area contributed by atoms with Crippen LogP contribution >= 0.6 is 15.9 Å². The van der Waals surface area contributed by atoms with Crippen molar-refractivity contribution in [3.8, 4) is 0 Å². The predicted octanol–water partition coefficient (Wildman–Crippen LogP) is 3.58. The van der Waals surface area contributed by atoms with E-state index in [1.807, 2.05) is 12.1 Å². The van der Waals surface area contributed by atoms with Crippen molar-refractivity contribution < 1.29 is 23.8 Å². The van der Waals surface area contributed by atoms with Gasteiger partial charge in [0.25, 0.3) is 0 Å². The smallest absolute Gasteiger partial charge is 0.338 e. The van der Waals surface area contributed by atoms with Crippen LogP contribution in [0.5, 0.6) is 0 Å². The number of halogens is 1. The minimum Gasteiger partial charge on any atom is -0.459 e. The van der Waals surface area contributed by atoms with Gasteiger partial charge >= 0.3 is 11.9 Å². The lowest BCUT2D eigenvalue weighted by atomic mass is 10.2. The van der Waals surface area contributed by atoms with Gasteiger partial charge in [-0.3, -0.25) is 0 Å². The Balaban J connectivity index is 1.58. The van der Waals surface area contributed by atoms with Gasteiger partial charge in [0.2, 0.25) is 0 Å². The first-order valence-electron chi connectivity index (χ1n) is 7.91. The summed E-state index contributed by atoms with van der Waals surface area (Å²) in [6.45, 7) is 0.0164. The molecule has 3 unspecified atom stereocenters. The van der Waals surface area contributed by atoms with Crippen LogP contribution in [0.15, 0.2) is 60.7 Å². The Hall–Kier alpha value is -2.18. The lowest BCUT2D eigenvalue weighted by Gasteiger charge is -2.19. The molecule has 1 saturated heterocycles. The van der Waals surface area contributed by atoms with Crippen LogP contribution in [0, 0.1) is 0 Å². The molecule has 5 nitrogen and oxygen atoms in total. The highest BCUT2D eigenvalue weighted by Gasteiger charge is 2.38. The molecule has 0 saturated carbocycles. The van der Waals surface area contributed by atoms with Crippen LogP contribution in [0.2, 0.25) is 0 Å². The molecule has 0 bridgehead atoms. The monoisotopic (exact) mass is 404 g/mol. The number of hydrogen-bond acceptors (Lipinski definition) is 5. The van der Waals surface area contributed by atoms with Gasteiger partial charge < -0.3 is 14.2 Å². The zero-order valence-corrected chi connectivity index (χ0v) is 14.9. The Bertz CT molecular complexity index is 719. The van der Waals surface area contributed by atoms with E-state index in [2.05, 4.69) is 15.9 Å². The van der Waals surface area contributed by atoms with Crippen molar-refractivity contribution in [3.63, 3.8) is 0 Å². The maximum atomic E-state index is 12.2. The maximum Gasteiger partial charge on any atom is 0.338 e. The van der Waals surface area contributed by atoms with Crippen molar-refractivity contribution in [3.05, 3.63) is 71.8 Å². The Kier molecular flexibility index (Phi) is 5.83. The fourth-order valence-corrected chi connectivity index (χ4v) is 3.18. The number of ether oxygens (including phenoxy) is 3. The van der Waals surface area contributed by atoms with Gasteiger partial charge in [-0.2, -0.15) is 0 Å². The quantitative estimate of drug-likeness (QED) is 0.562. The van der Waals surface area contributed by atoms with Crippen LogP contribution in [0.25, 0.3) is 0 Å². The lowest BCUT2D eigenvalue weighted by Crippen LogP contribution is -2.32. The maximum absolute atomic E-state index is 12.2. The molecule has 130 valence electrons. The summed E-state index contributed by atoms with van der Waals surface area (Å²) in [6, 6.07) is 17.5. The molecule has 2 aromatic carbocycles. The molecule has 0 amide bonds. The van der Waals surface area contributed by atoms with Gasteiger partial charge in [0.15, 0.2) is 0 Å². The second kappa shape index (κ2) is 8.27. The van der Waals surface area contributed by atoms with E-state index in [-0.39, 0.29) is 11.6 Å². The number of alkyl halides is 1. The van der Waals surface area contributed by atoms with Gasteiger partial charge in [-0.05, 0) is 24.3 Å². The van der Waals surface area contributed by atoms with Gasteiger partial charge in [-0.1, -0.05) is 52.3 Å². The van der Waals surface area contributed by atoms with Crippen LogP contribution < -0.4 is 0 Å². The second-order valence-electron chi connectivity index (χ2n) is 5.59. The van der Waals surface area contributed by atoms with Crippen molar-refractivity contribution in [1.29, 1.82) is 0 Å². The van der Waals surface area contributed by atoms with E-state index in [9.17, 15) is 9.59 Å². The Labute approximate surface area is 154 Å². The minimum atomic E-state index is -0.510. The molecule has 2 aromatic rings. The fourth-order valence-electron chi connectivity index (χ4n) is 2.53. The molecule has 25 heavy (non-hydrogen) atoms. The predicted molar refractivity (Wildman–Crippen MR) is 94.6 cm³/mol. The molecule has 3 atom stereocenters. The van der Waals surface area contributed by atoms with E-state index in [1.165, 1.54) is 0 Å². The highest BCUT2D eigenvalue weighted by atomic mass is 79.9. The standard InChI is InChI=1S/C19H17BrO5/c20-17-11-15(25-19(22)14-9-5-2-6-10-14)16(24-17)12-23-18(21)13-7-3-1-4-8-13/h1-10,15-17H,11-12H2. The van der Waals surface area contributed by atoms with Gasteiger partial charge in [0, 0.05) is 6.42 Å². The van der Waals surface area contributed by atoms with Gasteiger partial charge in [0.1, 0.15) is 23.8 Å². The van der Waals surface area contributed by atoms with E-state index in [4.69, 9.17) is 14.2 Å². The molecule has 6 heteroatoms. The molecular weight excluding hydrogens is 388 g/mol. The van der Waals surface area contributed by atoms with Gasteiger partial charge in [-0.25, -0.2) is 9.59 Å². The normalized spacial score (nSPS) is 22.4. The van der Waals surface area contributed by atoms with E-state index in [0.29, 0.717) is 17.5 Å². The highest BCUT2D eigenvalue weighted by molar-refractivity contribution is 9.09. The van der Waals surface area contributed by atoms with Crippen LogP contribution in [-0.4, -0.2) is 35.8 Å². The Morgan fingerprint density at radius 2 is 1.52 bits per heavy atom. The third kappa shape index (κ3) is 4.67. The topological polar surface area (TPSA) is 61.8 Å². The molecule has 0 aliphatic carbocycles. The summed E-state index contributed by atoms with van der Waals surface area (Å²) in [5.74, 6) is -0.856. The molecule has 1 aliphatic rings. The lowest BCUT2D eigenvalue weighted by molar-refractivity contribution is -0.0309. The summed E-state index contributed by atoms with van der Waals surface area (Å²) in [4.78, 5) is 24.2. The molecule has 1 heterocycles. The number of carbonyl (C=O) groups excluding carboxylic acids is 2. The van der Waals surface area contributed by atoms with Crippen molar-refractivity contribution in [2.45, 2.75) is 23.6 Å². The SMILES string of the molecule is O=C(OCC1OC(Br)CC1OC(=O)c1ccccc1)c1ccccc1. The Morgan fingerprint density at radius 3 is 2.12 bits per heavy atom. The number of hydrogen-bond donors (Lipinski definition) is 0. The first-order chi connectivity index (χ1) is 12.1. The average Bonchev–Trinajstić information content (AvgIpc) is 3.00. The van der Waals surface area contributed by atoms with Gasteiger partial charge in [0.05, 0.1) is 11.1 Å². The van der Waals surface area contributed by atoms with E-state index < -0.39 is 24.1 Å². The summed E-state index contributed by atoms with van der Waals surface area (Å²) in [6.07, 6.45) is -0.503. The third-order valence-corrected chi connectivity index (χ3v) is 4.40. The summed E-state index contributed by atoms with van der Waals surface area (Å²) < 4.78 is 16.5. The molecule has 3 rings (SSSR count). The number of rotatable bonds is 5. The Morgan fingerprint density at radius 1 is 0.960 bits per heavy atom. The first-order valence-corrected chi connectivity index (χ1v) is 8.83. The molecule has 0 spiro atoms. The first kappa shape index (κ1) is 17.6. The molecule has 1 aliphatic heterocycles. The van der Waals surface area contributed by atoms with E-state index in [1.54, 1.807) is 48.5 Å². The molecule has 1 fully saturated rings. The average molecular weight is 405 g/mol. The molecule has 0 N–H and O–H groups in total. The minimum absolute atomic E-state index is 0.0164. The summed E-state index contributed by atoms with van der Waals surface area (Å²) >= 11 is 3.36. The van der Waals surface area contributed by atoms with Crippen molar-refractivity contribution in [2.24, 2.45) is 0 Å². The van der Waals surface area contributed by atoms with Crippen LogP contribution in [0.1, 0.15) is 27.1 Å².